The van der Waals surface area contributed by atoms with Crippen LogP contribution < -0.4 is 14.8 Å². The molecule has 0 aliphatic heterocycles. The second-order valence-corrected chi connectivity index (χ2v) is 7.05. The number of hydrogen-bond acceptors (Lipinski definition) is 4. The number of alkyl halides is 3. The van der Waals surface area contributed by atoms with Crippen molar-refractivity contribution in [3.8, 4) is 17.2 Å². The molecule has 2 aromatic rings. The van der Waals surface area contributed by atoms with Crippen LogP contribution in [0.25, 0.3) is 0 Å². The number of carbonyl (C=O) groups is 2. The summed E-state index contributed by atoms with van der Waals surface area (Å²) in [6, 6.07) is 9.27. The molecule has 0 spiro atoms. The molecular formula is C23H20F3NO4. The van der Waals surface area contributed by atoms with Gasteiger partial charge in [0.15, 0.2) is 17.3 Å². The summed E-state index contributed by atoms with van der Waals surface area (Å²) in [5.74, 6) is -0.520. The molecule has 1 N–H and O–H groups in total. The molecule has 162 valence electrons. The lowest BCUT2D eigenvalue weighted by Gasteiger charge is -2.18. The molecule has 0 bridgehead atoms. The molecule has 0 unspecified atom stereocenters. The van der Waals surface area contributed by atoms with E-state index in [0.717, 1.165) is 12.1 Å². The molecule has 31 heavy (non-hydrogen) atoms. The van der Waals surface area contributed by atoms with Crippen LogP contribution in [0.5, 0.6) is 17.2 Å². The Morgan fingerprint density at radius 1 is 1.06 bits per heavy atom. The van der Waals surface area contributed by atoms with Crippen molar-refractivity contribution < 1.29 is 32.2 Å². The molecule has 0 saturated heterocycles. The normalized spacial score (nSPS) is 13.7. The van der Waals surface area contributed by atoms with Crippen LogP contribution in [0.2, 0.25) is 0 Å². The topological polar surface area (TPSA) is 64.6 Å². The van der Waals surface area contributed by atoms with Gasteiger partial charge in [-0.1, -0.05) is 18.2 Å². The molecule has 0 heterocycles. The number of ether oxygens (including phenoxy) is 2. The SMILES string of the molecule is CC(C)Oc1ccccc1Oc1ccc(C(F)(F)F)cc1C(=O)NC1=CC(=O)CC=C1. The van der Waals surface area contributed by atoms with Gasteiger partial charge >= 0.3 is 6.18 Å². The zero-order chi connectivity index (χ0) is 22.6. The first-order valence-electron chi connectivity index (χ1n) is 9.50. The summed E-state index contributed by atoms with van der Waals surface area (Å²) in [5.41, 5.74) is -1.14. The minimum Gasteiger partial charge on any atom is -0.487 e. The summed E-state index contributed by atoms with van der Waals surface area (Å²) < 4.78 is 51.2. The second-order valence-electron chi connectivity index (χ2n) is 7.05. The van der Waals surface area contributed by atoms with Gasteiger partial charge in [-0.25, -0.2) is 0 Å². The van der Waals surface area contributed by atoms with Crippen LogP contribution in [0, 0.1) is 0 Å². The Morgan fingerprint density at radius 3 is 2.42 bits per heavy atom. The van der Waals surface area contributed by atoms with Gasteiger partial charge in [-0.15, -0.1) is 0 Å². The quantitative estimate of drug-likeness (QED) is 0.663. The fourth-order valence-corrected chi connectivity index (χ4v) is 2.84. The third-order valence-electron chi connectivity index (χ3n) is 4.17. The van der Waals surface area contributed by atoms with Crippen LogP contribution in [-0.4, -0.2) is 17.8 Å². The van der Waals surface area contributed by atoms with Gasteiger partial charge in [-0.05, 0) is 50.3 Å². The van der Waals surface area contributed by atoms with Crippen molar-refractivity contribution in [2.75, 3.05) is 0 Å². The van der Waals surface area contributed by atoms with Crippen molar-refractivity contribution in [3.63, 3.8) is 0 Å². The number of allylic oxidation sites excluding steroid dienone is 3. The molecule has 0 fully saturated rings. The van der Waals surface area contributed by atoms with E-state index in [9.17, 15) is 22.8 Å². The second kappa shape index (κ2) is 9.07. The third kappa shape index (κ3) is 5.75. The molecule has 0 radical (unpaired) electrons. The molecule has 3 rings (SSSR count). The van der Waals surface area contributed by atoms with Crippen LogP contribution in [-0.2, 0) is 11.0 Å². The average Bonchev–Trinajstić information content (AvgIpc) is 2.68. The monoisotopic (exact) mass is 431 g/mol. The summed E-state index contributed by atoms with van der Waals surface area (Å²) in [6.07, 6.45) is -0.323. The molecule has 0 saturated carbocycles. The molecule has 2 aromatic carbocycles. The van der Waals surface area contributed by atoms with E-state index in [1.165, 1.54) is 12.2 Å². The first kappa shape index (κ1) is 22.1. The number of amides is 1. The van der Waals surface area contributed by atoms with Crippen molar-refractivity contribution in [2.24, 2.45) is 0 Å². The van der Waals surface area contributed by atoms with Crippen molar-refractivity contribution in [2.45, 2.75) is 32.5 Å². The molecule has 1 aliphatic carbocycles. The predicted octanol–water partition coefficient (Wildman–Crippen LogP) is 5.43. The van der Waals surface area contributed by atoms with E-state index in [0.29, 0.717) is 11.8 Å². The molecule has 8 heteroatoms. The maximum absolute atomic E-state index is 13.2. The maximum atomic E-state index is 13.2. The Balaban J connectivity index is 1.98. The summed E-state index contributed by atoms with van der Waals surface area (Å²) in [7, 11) is 0. The Labute approximate surface area is 177 Å². The van der Waals surface area contributed by atoms with Crippen molar-refractivity contribution >= 4 is 11.7 Å². The number of benzene rings is 2. The van der Waals surface area contributed by atoms with E-state index in [2.05, 4.69) is 5.32 Å². The number of ketones is 1. The Kier molecular flexibility index (Phi) is 6.48. The molecule has 1 amide bonds. The smallest absolute Gasteiger partial charge is 0.416 e. The Morgan fingerprint density at radius 2 is 1.77 bits per heavy atom. The number of nitrogens with one attached hydrogen (secondary N) is 1. The van der Waals surface area contributed by atoms with E-state index in [1.807, 2.05) is 13.8 Å². The van der Waals surface area contributed by atoms with E-state index in [-0.39, 0.29) is 41.1 Å². The average molecular weight is 431 g/mol. The highest BCUT2D eigenvalue weighted by Crippen LogP contribution is 2.37. The molecule has 0 aromatic heterocycles. The van der Waals surface area contributed by atoms with Gasteiger partial charge in [0.2, 0.25) is 0 Å². The highest BCUT2D eigenvalue weighted by atomic mass is 19.4. The van der Waals surface area contributed by atoms with Crippen molar-refractivity contribution in [1.29, 1.82) is 0 Å². The minimum absolute atomic E-state index is 0.0861. The van der Waals surface area contributed by atoms with Crippen LogP contribution >= 0.6 is 0 Å². The lowest BCUT2D eigenvalue weighted by molar-refractivity contribution is -0.137. The number of rotatable bonds is 6. The number of hydrogen-bond donors (Lipinski definition) is 1. The zero-order valence-electron chi connectivity index (χ0n) is 16.8. The summed E-state index contributed by atoms with van der Waals surface area (Å²) in [6.45, 7) is 3.64. The van der Waals surface area contributed by atoms with Crippen LogP contribution in [0.1, 0.15) is 36.2 Å². The van der Waals surface area contributed by atoms with E-state index in [4.69, 9.17) is 9.47 Å². The number of para-hydroxylation sites is 2. The van der Waals surface area contributed by atoms with Gasteiger partial charge in [-0.3, -0.25) is 9.59 Å². The maximum Gasteiger partial charge on any atom is 0.416 e. The summed E-state index contributed by atoms with van der Waals surface area (Å²) in [5, 5.41) is 2.45. The van der Waals surface area contributed by atoms with Crippen molar-refractivity contribution in [1.82, 2.24) is 5.32 Å². The van der Waals surface area contributed by atoms with Gasteiger partial charge in [0.1, 0.15) is 5.75 Å². The summed E-state index contributed by atoms with van der Waals surface area (Å²) in [4.78, 5) is 24.3. The standard InChI is InChI=1S/C23H20F3NO4/c1-14(2)30-20-8-3-4-9-21(20)31-19-11-10-15(23(24,25)26)12-18(19)22(29)27-16-6-5-7-17(28)13-16/h3-6,8-14H,7H2,1-2H3,(H,27,29). The minimum atomic E-state index is -4.65. The Bertz CT molecular complexity index is 1060. The fourth-order valence-electron chi connectivity index (χ4n) is 2.84. The van der Waals surface area contributed by atoms with Crippen LogP contribution in [0.4, 0.5) is 13.2 Å². The number of halogens is 3. The lowest BCUT2D eigenvalue weighted by Crippen LogP contribution is -2.24. The first-order valence-corrected chi connectivity index (χ1v) is 9.50. The van der Waals surface area contributed by atoms with Gasteiger partial charge < -0.3 is 14.8 Å². The van der Waals surface area contributed by atoms with E-state index in [1.54, 1.807) is 30.3 Å². The first-order chi connectivity index (χ1) is 14.6. The molecule has 0 atom stereocenters. The Hall–Kier alpha value is -3.55. The molecular weight excluding hydrogens is 411 g/mol. The highest BCUT2D eigenvalue weighted by molar-refractivity contribution is 6.00. The highest BCUT2D eigenvalue weighted by Gasteiger charge is 2.32. The van der Waals surface area contributed by atoms with E-state index < -0.39 is 17.6 Å². The van der Waals surface area contributed by atoms with Crippen LogP contribution in [0.15, 0.2) is 66.4 Å². The zero-order valence-corrected chi connectivity index (χ0v) is 16.8. The van der Waals surface area contributed by atoms with Gasteiger partial charge in [0, 0.05) is 18.2 Å². The predicted molar refractivity (Wildman–Crippen MR) is 108 cm³/mol. The lowest BCUT2D eigenvalue weighted by atomic mass is 10.1. The van der Waals surface area contributed by atoms with Gasteiger partial charge in [0.05, 0.1) is 17.2 Å². The van der Waals surface area contributed by atoms with Crippen LogP contribution in [0.3, 0.4) is 0 Å². The largest absolute Gasteiger partial charge is 0.487 e. The van der Waals surface area contributed by atoms with E-state index >= 15 is 0 Å². The molecule has 1 aliphatic rings. The third-order valence-corrected chi connectivity index (χ3v) is 4.17. The summed E-state index contributed by atoms with van der Waals surface area (Å²) >= 11 is 0. The van der Waals surface area contributed by atoms with Crippen molar-refractivity contribution in [3.05, 3.63) is 77.5 Å². The number of carbonyl (C=O) groups excluding carboxylic acids is 2. The van der Waals surface area contributed by atoms with Gasteiger partial charge in [-0.2, -0.15) is 13.2 Å². The van der Waals surface area contributed by atoms with Gasteiger partial charge in [0.25, 0.3) is 5.91 Å². The molecule has 5 nitrogen and oxygen atoms in total. The fraction of sp³-hybridized carbons (Fsp3) is 0.217.